The van der Waals surface area contributed by atoms with Gasteiger partial charge < -0.3 is 19.9 Å². The summed E-state index contributed by atoms with van der Waals surface area (Å²) in [6, 6.07) is 7.82. The van der Waals surface area contributed by atoms with E-state index in [1.807, 2.05) is 56.9 Å². The fourth-order valence-electron chi connectivity index (χ4n) is 2.90. The number of urea groups is 1. The van der Waals surface area contributed by atoms with Gasteiger partial charge >= 0.3 is 6.03 Å². The number of thioether (sulfide) groups is 1. The third kappa shape index (κ3) is 4.84. The number of benzene rings is 1. The topological polar surface area (TPSA) is 61.9 Å². The predicted octanol–water partition coefficient (Wildman–Crippen LogP) is 3.10. The first-order valence-corrected chi connectivity index (χ1v) is 9.97. The number of ether oxygens (including phenoxy) is 1. The number of rotatable bonds is 7. The average Bonchev–Trinajstić information content (AvgIpc) is 2.90. The van der Waals surface area contributed by atoms with Gasteiger partial charge in [0.15, 0.2) is 0 Å². The van der Waals surface area contributed by atoms with E-state index in [2.05, 4.69) is 5.32 Å². The third-order valence-corrected chi connectivity index (χ3v) is 5.73. The highest BCUT2D eigenvalue weighted by atomic mass is 32.2. The van der Waals surface area contributed by atoms with E-state index in [9.17, 15) is 9.59 Å². The molecule has 1 aliphatic rings. The molecule has 26 heavy (non-hydrogen) atoms. The normalized spacial score (nSPS) is 19.8. The van der Waals surface area contributed by atoms with Gasteiger partial charge in [-0.3, -0.25) is 4.79 Å². The van der Waals surface area contributed by atoms with Crippen molar-refractivity contribution >= 4 is 23.7 Å². The minimum atomic E-state index is -0.0872. The van der Waals surface area contributed by atoms with E-state index in [0.29, 0.717) is 19.6 Å². The summed E-state index contributed by atoms with van der Waals surface area (Å²) < 4.78 is 5.21. The van der Waals surface area contributed by atoms with Gasteiger partial charge in [0.2, 0.25) is 5.91 Å². The van der Waals surface area contributed by atoms with Crippen LogP contribution in [0, 0.1) is 0 Å². The Morgan fingerprint density at radius 3 is 2.54 bits per heavy atom. The van der Waals surface area contributed by atoms with Crippen LogP contribution in [0.25, 0.3) is 0 Å². The van der Waals surface area contributed by atoms with E-state index in [0.717, 1.165) is 11.3 Å². The molecule has 1 aliphatic heterocycles. The minimum Gasteiger partial charge on any atom is -0.497 e. The molecule has 1 aromatic rings. The molecule has 0 saturated carbocycles. The fraction of sp³-hybridized carbons (Fsp3) is 0.579. The van der Waals surface area contributed by atoms with Gasteiger partial charge in [-0.1, -0.05) is 12.1 Å². The maximum Gasteiger partial charge on any atom is 0.317 e. The molecule has 2 atom stereocenters. The summed E-state index contributed by atoms with van der Waals surface area (Å²) in [6.07, 6.45) is 0. The average molecular weight is 380 g/mol. The first-order chi connectivity index (χ1) is 12.4. The van der Waals surface area contributed by atoms with Crippen LogP contribution in [0.15, 0.2) is 24.3 Å². The number of methoxy groups -OCH3 is 1. The molecule has 3 amide bonds. The number of hydrogen-bond acceptors (Lipinski definition) is 4. The van der Waals surface area contributed by atoms with E-state index in [1.54, 1.807) is 23.8 Å². The second-order valence-corrected chi connectivity index (χ2v) is 8.05. The molecule has 0 unspecified atom stereocenters. The number of likely N-dealkylation sites (N-methyl/N-ethyl adjacent to an activating group) is 1. The van der Waals surface area contributed by atoms with Gasteiger partial charge in [-0.25, -0.2) is 4.79 Å². The van der Waals surface area contributed by atoms with Crippen LogP contribution in [0.1, 0.15) is 38.6 Å². The zero-order valence-corrected chi connectivity index (χ0v) is 17.0. The van der Waals surface area contributed by atoms with Gasteiger partial charge in [0, 0.05) is 25.7 Å². The summed E-state index contributed by atoms with van der Waals surface area (Å²) >= 11 is 1.64. The SMILES string of the molecule is CCN(CCN1C(=O)[C@@H](C)S[C@H]1c1ccc(OC)cc1)C(=O)NC(C)C. The van der Waals surface area contributed by atoms with E-state index in [4.69, 9.17) is 4.74 Å². The Morgan fingerprint density at radius 1 is 1.35 bits per heavy atom. The Labute approximate surface area is 160 Å². The number of hydrogen-bond donors (Lipinski definition) is 1. The van der Waals surface area contributed by atoms with Crippen LogP contribution < -0.4 is 10.1 Å². The quantitative estimate of drug-likeness (QED) is 0.791. The Kier molecular flexibility index (Phi) is 7.20. The molecule has 0 aromatic heterocycles. The molecule has 1 aromatic carbocycles. The number of nitrogens with zero attached hydrogens (tertiary/aromatic N) is 2. The molecule has 6 nitrogen and oxygen atoms in total. The highest BCUT2D eigenvalue weighted by molar-refractivity contribution is 8.01. The number of amides is 3. The van der Waals surface area contributed by atoms with Crippen molar-refractivity contribution < 1.29 is 14.3 Å². The summed E-state index contributed by atoms with van der Waals surface area (Å²) in [5.41, 5.74) is 1.07. The van der Waals surface area contributed by atoms with E-state index < -0.39 is 0 Å². The maximum atomic E-state index is 12.6. The van der Waals surface area contributed by atoms with Crippen molar-refractivity contribution in [1.82, 2.24) is 15.1 Å². The third-order valence-electron chi connectivity index (χ3n) is 4.34. The number of carbonyl (C=O) groups excluding carboxylic acids is 2. The second kappa shape index (κ2) is 9.16. The molecule has 0 aliphatic carbocycles. The van der Waals surface area contributed by atoms with Crippen molar-refractivity contribution in [3.8, 4) is 5.75 Å². The van der Waals surface area contributed by atoms with Crippen molar-refractivity contribution in [2.24, 2.45) is 0 Å². The van der Waals surface area contributed by atoms with Crippen LogP contribution >= 0.6 is 11.8 Å². The maximum absolute atomic E-state index is 12.6. The first-order valence-electron chi connectivity index (χ1n) is 9.02. The van der Waals surface area contributed by atoms with Crippen LogP contribution in [0.5, 0.6) is 5.75 Å². The molecule has 1 fully saturated rings. The molecule has 1 heterocycles. The van der Waals surface area contributed by atoms with Gasteiger partial charge in [0.05, 0.1) is 12.4 Å². The van der Waals surface area contributed by atoms with E-state index in [-0.39, 0.29) is 28.6 Å². The zero-order chi connectivity index (χ0) is 19.3. The monoisotopic (exact) mass is 379 g/mol. The largest absolute Gasteiger partial charge is 0.497 e. The van der Waals surface area contributed by atoms with Crippen LogP contribution in [-0.2, 0) is 4.79 Å². The Balaban J connectivity index is 2.08. The molecular weight excluding hydrogens is 350 g/mol. The smallest absolute Gasteiger partial charge is 0.317 e. The molecule has 0 bridgehead atoms. The van der Waals surface area contributed by atoms with Crippen molar-refractivity contribution in [2.75, 3.05) is 26.7 Å². The summed E-state index contributed by atoms with van der Waals surface area (Å²) in [7, 11) is 1.64. The lowest BCUT2D eigenvalue weighted by Gasteiger charge is -2.28. The standard InChI is InChI=1S/C19H29N3O3S/c1-6-21(19(24)20-13(2)3)11-12-22-17(23)14(4)26-18(22)15-7-9-16(25-5)10-8-15/h7-10,13-14,18H,6,11-12H2,1-5H3,(H,20,24)/t14-,18+/m1/s1. The molecule has 0 spiro atoms. The van der Waals surface area contributed by atoms with E-state index >= 15 is 0 Å². The lowest BCUT2D eigenvalue weighted by atomic mass is 10.2. The Morgan fingerprint density at radius 2 is 2.00 bits per heavy atom. The van der Waals surface area contributed by atoms with Crippen molar-refractivity contribution in [2.45, 2.75) is 44.4 Å². The Bertz CT molecular complexity index is 621. The van der Waals surface area contributed by atoms with Crippen LogP contribution in [0.4, 0.5) is 4.79 Å². The van der Waals surface area contributed by atoms with Crippen molar-refractivity contribution in [3.63, 3.8) is 0 Å². The summed E-state index contributed by atoms with van der Waals surface area (Å²) in [5.74, 6) is 0.918. The molecule has 0 radical (unpaired) electrons. The zero-order valence-electron chi connectivity index (χ0n) is 16.2. The molecule has 7 heteroatoms. The summed E-state index contributed by atoms with van der Waals surface area (Å²) in [6.45, 7) is 9.40. The fourth-order valence-corrected chi connectivity index (χ4v) is 4.21. The van der Waals surface area contributed by atoms with Gasteiger partial charge in [-0.15, -0.1) is 11.8 Å². The molecule has 1 N–H and O–H groups in total. The van der Waals surface area contributed by atoms with Gasteiger partial charge in [-0.05, 0) is 45.4 Å². The molecule has 2 rings (SSSR count). The van der Waals surface area contributed by atoms with Crippen LogP contribution in [0.2, 0.25) is 0 Å². The van der Waals surface area contributed by atoms with Crippen LogP contribution in [0.3, 0.4) is 0 Å². The Hall–Kier alpha value is -1.89. The molecule has 144 valence electrons. The van der Waals surface area contributed by atoms with Gasteiger partial charge in [0.1, 0.15) is 11.1 Å². The summed E-state index contributed by atoms with van der Waals surface area (Å²) in [5, 5.41) is 2.80. The highest BCUT2D eigenvalue weighted by Crippen LogP contribution is 2.42. The number of carbonyl (C=O) groups is 2. The molecular formula is C19H29N3O3S. The second-order valence-electron chi connectivity index (χ2n) is 6.62. The van der Waals surface area contributed by atoms with E-state index in [1.165, 1.54) is 0 Å². The van der Waals surface area contributed by atoms with Crippen LogP contribution in [-0.4, -0.2) is 59.8 Å². The van der Waals surface area contributed by atoms with Gasteiger partial charge in [0.25, 0.3) is 0 Å². The minimum absolute atomic E-state index is 0.0322. The highest BCUT2D eigenvalue weighted by Gasteiger charge is 2.38. The first kappa shape index (κ1) is 20.4. The summed E-state index contributed by atoms with van der Waals surface area (Å²) in [4.78, 5) is 28.5. The van der Waals surface area contributed by atoms with Gasteiger partial charge in [-0.2, -0.15) is 0 Å². The van der Waals surface area contributed by atoms with Crippen molar-refractivity contribution in [3.05, 3.63) is 29.8 Å². The molecule has 1 saturated heterocycles. The predicted molar refractivity (Wildman–Crippen MR) is 105 cm³/mol. The number of nitrogens with one attached hydrogen (secondary N) is 1. The lowest BCUT2D eigenvalue weighted by Crippen LogP contribution is -2.46. The lowest BCUT2D eigenvalue weighted by molar-refractivity contribution is -0.129. The van der Waals surface area contributed by atoms with Crippen molar-refractivity contribution in [1.29, 1.82) is 0 Å².